The Labute approximate surface area is 145 Å². The van der Waals surface area contributed by atoms with Crippen molar-refractivity contribution in [2.45, 2.75) is 6.54 Å². The third-order valence-electron chi connectivity index (χ3n) is 5.41. The Bertz CT molecular complexity index is 770. The standard InChI is InChI=1S/C18H21FN4O2/c19-16-3-1-13(2-4-16)6-23-7-14(5-21-23)17(25)22-8-15(9-24)18(12-22)10-20-11-18/h1-5,7,15,20,24H,6,8-12H2. The van der Waals surface area contributed by atoms with Gasteiger partial charge in [-0.1, -0.05) is 12.1 Å². The molecule has 7 heteroatoms. The van der Waals surface area contributed by atoms with Gasteiger partial charge in [0.1, 0.15) is 5.82 Å². The Morgan fingerprint density at radius 3 is 2.72 bits per heavy atom. The average molecular weight is 344 g/mol. The summed E-state index contributed by atoms with van der Waals surface area (Å²) in [7, 11) is 0. The maximum atomic E-state index is 13.0. The van der Waals surface area contributed by atoms with E-state index >= 15 is 0 Å². The van der Waals surface area contributed by atoms with Crippen LogP contribution in [0, 0.1) is 17.2 Å². The number of carbonyl (C=O) groups is 1. The molecular formula is C18H21FN4O2. The molecule has 2 fully saturated rings. The van der Waals surface area contributed by atoms with Crippen molar-refractivity contribution in [3.8, 4) is 0 Å². The van der Waals surface area contributed by atoms with Gasteiger partial charge in [-0.3, -0.25) is 9.48 Å². The quantitative estimate of drug-likeness (QED) is 0.858. The van der Waals surface area contributed by atoms with Crippen LogP contribution in [0.5, 0.6) is 0 Å². The minimum Gasteiger partial charge on any atom is -0.396 e. The van der Waals surface area contributed by atoms with E-state index in [-0.39, 0.29) is 29.7 Å². The molecule has 0 bridgehead atoms. The number of likely N-dealkylation sites (tertiary alicyclic amines) is 1. The molecule has 2 saturated heterocycles. The van der Waals surface area contributed by atoms with Gasteiger partial charge in [0, 0.05) is 50.3 Å². The highest BCUT2D eigenvalue weighted by Gasteiger charge is 2.51. The number of carbonyl (C=O) groups excluding carboxylic acids is 1. The largest absolute Gasteiger partial charge is 0.396 e. The summed E-state index contributed by atoms with van der Waals surface area (Å²) >= 11 is 0. The molecule has 0 saturated carbocycles. The second kappa shape index (κ2) is 6.24. The van der Waals surface area contributed by atoms with Crippen LogP contribution in [0.4, 0.5) is 4.39 Å². The minimum atomic E-state index is -0.271. The highest BCUT2D eigenvalue weighted by Crippen LogP contribution is 2.39. The van der Waals surface area contributed by atoms with Crippen molar-refractivity contribution in [3.63, 3.8) is 0 Å². The van der Waals surface area contributed by atoms with Gasteiger partial charge in [0.2, 0.25) is 0 Å². The average Bonchev–Trinajstić information content (AvgIpc) is 3.20. The molecule has 6 nitrogen and oxygen atoms in total. The molecule has 2 N–H and O–H groups in total. The smallest absolute Gasteiger partial charge is 0.257 e. The molecular weight excluding hydrogens is 323 g/mol. The third kappa shape index (κ3) is 2.94. The van der Waals surface area contributed by atoms with Crippen molar-refractivity contribution >= 4 is 5.91 Å². The molecule has 25 heavy (non-hydrogen) atoms. The minimum absolute atomic E-state index is 0.0223. The van der Waals surface area contributed by atoms with E-state index in [1.807, 2.05) is 4.90 Å². The maximum absolute atomic E-state index is 13.0. The number of aliphatic hydroxyl groups excluding tert-OH is 1. The number of benzene rings is 1. The van der Waals surface area contributed by atoms with E-state index in [9.17, 15) is 14.3 Å². The van der Waals surface area contributed by atoms with Gasteiger partial charge < -0.3 is 15.3 Å². The van der Waals surface area contributed by atoms with Gasteiger partial charge in [-0.05, 0) is 17.7 Å². The monoisotopic (exact) mass is 344 g/mol. The van der Waals surface area contributed by atoms with Crippen molar-refractivity contribution < 1.29 is 14.3 Å². The molecule has 2 aliphatic heterocycles. The molecule has 1 unspecified atom stereocenters. The Morgan fingerprint density at radius 1 is 1.36 bits per heavy atom. The zero-order chi connectivity index (χ0) is 17.4. The summed E-state index contributed by atoms with van der Waals surface area (Å²) in [5, 5.41) is 17.1. The number of aromatic nitrogens is 2. The number of hydrogen-bond acceptors (Lipinski definition) is 4. The van der Waals surface area contributed by atoms with Crippen molar-refractivity contribution in [2.24, 2.45) is 11.3 Å². The van der Waals surface area contributed by atoms with Crippen LogP contribution in [0.3, 0.4) is 0 Å². The molecule has 2 aliphatic rings. The molecule has 3 heterocycles. The molecule has 0 aliphatic carbocycles. The van der Waals surface area contributed by atoms with Gasteiger partial charge in [0.25, 0.3) is 5.91 Å². The molecule has 1 aromatic carbocycles. The Kier molecular flexibility index (Phi) is 4.05. The van der Waals surface area contributed by atoms with E-state index in [4.69, 9.17) is 0 Å². The van der Waals surface area contributed by atoms with Crippen molar-refractivity contribution in [3.05, 3.63) is 53.6 Å². The topological polar surface area (TPSA) is 70.4 Å². The van der Waals surface area contributed by atoms with Crippen LogP contribution >= 0.6 is 0 Å². The van der Waals surface area contributed by atoms with Crippen LogP contribution in [-0.2, 0) is 6.54 Å². The van der Waals surface area contributed by atoms with Crippen molar-refractivity contribution in [1.82, 2.24) is 20.0 Å². The van der Waals surface area contributed by atoms with Gasteiger partial charge in [-0.2, -0.15) is 5.10 Å². The van der Waals surface area contributed by atoms with E-state index in [2.05, 4.69) is 10.4 Å². The SMILES string of the molecule is O=C(c1cnn(Cc2ccc(F)cc2)c1)N1CC(CO)C2(CNC2)C1. The lowest BCUT2D eigenvalue weighted by Crippen LogP contribution is -2.58. The normalized spacial score (nSPS) is 21.5. The molecule has 0 radical (unpaired) electrons. The van der Waals surface area contributed by atoms with E-state index in [0.29, 0.717) is 25.2 Å². The fraction of sp³-hybridized carbons (Fsp3) is 0.444. The number of halogens is 1. The fourth-order valence-corrected chi connectivity index (χ4v) is 3.81. The summed E-state index contributed by atoms with van der Waals surface area (Å²) in [6, 6.07) is 6.24. The predicted molar refractivity (Wildman–Crippen MR) is 89.5 cm³/mol. The lowest BCUT2D eigenvalue weighted by atomic mass is 9.73. The number of nitrogens with one attached hydrogen (secondary N) is 1. The summed E-state index contributed by atoms with van der Waals surface area (Å²) in [4.78, 5) is 14.6. The molecule has 1 spiro atoms. The van der Waals surface area contributed by atoms with E-state index in [0.717, 1.165) is 18.7 Å². The number of amides is 1. The molecule has 1 amide bonds. The Morgan fingerprint density at radius 2 is 2.12 bits per heavy atom. The van der Waals surface area contributed by atoms with Crippen LogP contribution in [-0.4, -0.2) is 58.5 Å². The number of nitrogens with zero attached hydrogens (tertiary/aromatic N) is 3. The van der Waals surface area contributed by atoms with Gasteiger partial charge in [-0.15, -0.1) is 0 Å². The third-order valence-corrected chi connectivity index (χ3v) is 5.41. The highest BCUT2D eigenvalue weighted by atomic mass is 19.1. The van der Waals surface area contributed by atoms with E-state index in [1.165, 1.54) is 12.1 Å². The lowest BCUT2D eigenvalue weighted by molar-refractivity contribution is 0.0703. The Balaban J connectivity index is 1.45. The zero-order valence-corrected chi connectivity index (χ0v) is 13.9. The molecule has 4 rings (SSSR count). The van der Waals surface area contributed by atoms with Crippen LogP contribution in [0.15, 0.2) is 36.7 Å². The molecule has 2 aromatic rings. The second-order valence-corrected chi connectivity index (χ2v) is 7.08. The van der Waals surface area contributed by atoms with Crippen molar-refractivity contribution in [1.29, 1.82) is 0 Å². The first kappa shape index (κ1) is 16.2. The molecule has 1 aromatic heterocycles. The molecule has 1 atom stereocenters. The zero-order valence-electron chi connectivity index (χ0n) is 13.9. The fourth-order valence-electron chi connectivity index (χ4n) is 3.81. The summed E-state index contributed by atoms with van der Waals surface area (Å²) in [5.74, 6) is -0.188. The first-order valence-corrected chi connectivity index (χ1v) is 8.47. The number of hydrogen-bond donors (Lipinski definition) is 2. The number of aliphatic hydroxyl groups is 1. The highest BCUT2D eigenvalue weighted by molar-refractivity contribution is 5.94. The van der Waals surface area contributed by atoms with Gasteiger partial charge in [-0.25, -0.2) is 4.39 Å². The van der Waals surface area contributed by atoms with Gasteiger partial charge >= 0.3 is 0 Å². The summed E-state index contributed by atoms with van der Waals surface area (Å²) < 4.78 is 14.7. The van der Waals surface area contributed by atoms with E-state index in [1.54, 1.807) is 29.2 Å². The van der Waals surface area contributed by atoms with Crippen LogP contribution in [0.2, 0.25) is 0 Å². The predicted octanol–water partition coefficient (Wildman–Crippen LogP) is 0.724. The Hall–Kier alpha value is -2.25. The van der Waals surface area contributed by atoms with Crippen LogP contribution in [0.1, 0.15) is 15.9 Å². The second-order valence-electron chi connectivity index (χ2n) is 7.08. The first-order valence-electron chi connectivity index (χ1n) is 8.47. The maximum Gasteiger partial charge on any atom is 0.257 e. The van der Waals surface area contributed by atoms with Crippen LogP contribution in [0.25, 0.3) is 0 Å². The first-order chi connectivity index (χ1) is 12.1. The summed E-state index contributed by atoms with van der Waals surface area (Å²) in [6.07, 6.45) is 3.30. The number of rotatable bonds is 4. The van der Waals surface area contributed by atoms with Gasteiger partial charge in [0.05, 0.1) is 18.3 Å². The summed E-state index contributed by atoms with van der Waals surface area (Å²) in [6.45, 7) is 3.56. The molecule has 132 valence electrons. The van der Waals surface area contributed by atoms with Crippen LogP contribution < -0.4 is 5.32 Å². The van der Waals surface area contributed by atoms with Gasteiger partial charge in [0.15, 0.2) is 0 Å². The van der Waals surface area contributed by atoms with Crippen molar-refractivity contribution in [2.75, 3.05) is 32.8 Å². The summed E-state index contributed by atoms with van der Waals surface area (Å²) in [5.41, 5.74) is 1.49. The van der Waals surface area contributed by atoms with E-state index < -0.39 is 0 Å². The lowest BCUT2D eigenvalue weighted by Gasteiger charge is -2.42.